The second-order valence-electron chi connectivity index (χ2n) is 7.01. The summed E-state index contributed by atoms with van der Waals surface area (Å²) in [7, 11) is 0. The summed E-state index contributed by atoms with van der Waals surface area (Å²) >= 11 is 2.12. The zero-order valence-electron chi connectivity index (χ0n) is 15.7. The summed E-state index contributed by atoms with van der Waals surface area (Å²) in [5.41, 5.74) is 3.75. The minimum absolute atomic E-state index is 0.0976. The van der Waals surface area contributed by atoms with Gasteiger partial charge in [0.25, 0.3) is 5.91 Å². The van der Waals surface area contributed by atoms with Crippen LogP contribution in [-0.2, 0) is 4.79 Å². The molecule has 0 aromatic heterocycles. The van der Waals surface area contributed by atoms with Gasteiger partial charge in [0.15, 0.2) is 0 Å². The van der Waals surface area contributed by atoms with Crippen LogP contribution in [0.25, 0.3) is 0 Å². The first-order chi connectivity index (χ1) is 13.9. The molecule has 0 unspecified atom stereocenters. The predicted octanol–water partition coefficient (Wildman–Crippen LogP) is 4.92. The summed E-state index contributed by atoms with van der Waals surface area (Å²) in [6.07, 6.45) is 0. The van der Waals surface area contributed by atoms with Crippen molar-refractivity contribution in [1.29, 1.82) is 0 Å². The van der Waals surface area contributed by atoms with Crippen LogP contribution in [0.5, 0.6) is 0 Å². The number of nitrogens with zero attached hydrogens (tertiary/aromatic N) is 1. The summed E-state index contributed by atoms with van der Waals surface area (Å²) < 4.78 is 14.4. The number of carbonyl (C=O) groups is 2. The van der Waals surface area contributed by atoms with E-state index < -0.39 is 6.04 Å². The molecular weight excluding hydrogens is 482 g/mol. The molecule has 6 heteroatoms. The summed E-state index contributed by atoms with van der Waals surface area (Å²) in [5, 5.41) is 2.90. The van der Waals surface area contributed by atoms with Crippen LogP contribution in [0, 0.1) is 16.3 Å². The molecule has 0 bridgehead atoms. The Bertz CT molecular complexity index is 1100. The lowest BCUT2D eigenvalue weighted by molar-refractivity contribution is -0.117. The van der Waals surface area contributed by atoms with Gasteiger partial charge >= 0.3 is 0 Å². The molecule has 4 rings (SSSR count). The van der Waals surface area contributed by atoms with Gasteiger partial charge in [0, 0.05) is 14.8 Å². The molecule has 1 atom stereocenters. The van der Waals surface area contributed by atoms with E-state index in [1.54, 1.807) is 29.2 Å². The number of aryl methyl sites for hydroxylation is 1. The normalized spacial score (nSPS) is 16.0. The molecule has 1 aliphatic heterocycles. The first-order valence-electron chi connectivity index (χ1n) is 9.15. The van der Waals surface area contributed by atoms with Crippen LogP contribution in [0.4, 0.5) is 10.1 Å². The number of halogens is 2. The predicted molar refractivity (Wildman–Crippen MR) is 118 cm³/mol. The summed E-state index contributed by atoms with van der Waals surface area (Å²) in [5.74, 6) is -0.857. The van der Waals surface area contributed by atoms with Crippen molar-refractivity contribution in [2.24, 2.45) is 0 Å². The largest absolute Gasteiger partial charge is 0.324 e. The van der Waals surface area contributed by atoms with Crippen molar-refractivity contribution in [2.75, 3.05) is 11.9 Å². The van der Waals surface area contributed by atoms with Crippen molar-refractivity contribution in [3.05, 3.63) is 98.4 Å². The zero-order valence-corrected chi connectivity index (χ0v) is 17.8. The van der Waals surface area contributed by atoms with Crippen LogP contribution in [0.3, 0.4) is 0 Å². The maximum absolute atomic E-state index is 13.6. The number of nitrogens with one attached hydrogen (secondary N) is 1. The molecule has 4 nitrogen and oxygen atoms in total. The van der Waals surface area contributed by atoms with Crippen molar-refractivity contribution >= 4 is 40.1 Å². The maximum atomic E-state index is 13.6. The van der Waals surface area contributed by atoms with E-state index in [2.05, 4.69) is 27.9 Å². The highest BCUT2D eigenvalue weighted by Gasteiger charge is 2.34. The van der Waals surface area contributed by atoms with Gasteiger partial charge in [-0.1, -0.05) is 42.0 Å². The Labute approximate surface area is 181 Å². The van der Waals surface area contributed by atoms with E-state index >= 15 is 0 Å². The number of benzene rings is 3. The molecule has 3 aromatic carbocycles. The molecule has 0 aliphatic carbocycles. The van der Waals surface area contributed by atoms with Gasteiger partial charge in [0.2, 0.25) is 5.91 Å². The van der Waals surface area contributed by atoms with Crippen molar-refractivity contribution in [1.82, 2.24) is 4.90 Å². The van der Waals surface area contributed by atoms with Gasteiger partial charge in [0.05, 0.1) is 11.6 Å². The van der Waals surface area contributed by atoms with E-state index in [9.17, 15) is 14.0 Å². The Morgan fingerprint density at radius 2 is 1.83 bits per heavy atom. The maximum Gasteiger partial charge on any atom is 0.256 e. The first kappa shape index (κ1) is 19.6. The topological polar surface area (TPSA) is 49.4 Å². The van der Waals surface area contributed by atoms with Crippen LogP contribution in [0.2, 0.25) is 0 Å². The molecule has 1 aliphatic rings. The fraction of sp³-hybridized carbons (Fsp3) is 0.130. The van der Waals surface area contributed by atoms with E-state index in [1.165, 1.54) is 12.1 Å². The number of amides is 2. The SMILES string of the molecule is Cc1ccc2c(c1)[C@H](c1ccc(F)cc1)N(C(=O)c1ccccc1I)CC(=O)N2. The van der Waals surface area contributed by atoms with Crippen LogP contribution in [0.1, 0.15) is 33.1 Å². The molecule has 0 saturated carbocycles. The smallest absolute Gasteiger partial charge is 0.256 e. The van der Waals surface area contributed by atoms with Crippen molar-refractivity contribution in [3.63, 3.8) is 0 Å². The lowest BCUT2D eigenvalue weighted by atomic mass is 9.94. The number of hydrogen-bond donors (Lipinski definition) is 1. The monoisotopic (exact) mass is 500 g/mol. The Morgan fingerprint density at radius 1 is 1.10 bits per heavy atom. The lowest BCUT2D eigenvalue weighted by Gasteiger charge is -2.31. The molecule has 0 spiro atoms. The van der Waals surface area contributed by atoms with E-state index in [-0.39, 0.29) is 24.2 Å². The minimum atomic E-state index is -0.520. The first-order valence-corrected chi connectivity index (χ1v) is 10.2. The third-order valence-electron chi connectivity index (χ3n) is 4.95. The highest BCUT2D eigenvalue weighted by Crippen LogP contribution is 2.37. The van der Waals surface area contributed by atoms with Crippen molar-refractivity contribution < 1.29 is 14.0 Å². The Balaban J connectivity index is 1.91. The number of rotatable bonds is 2. The van der Waals surface area contributed by atoms with E-state index in [0.29, 0.717) is 11.3 Å². The van der Waals surface area contributed by atoms with Crippen LogP contribution in [-0.4, -0.2) is 23.3 Å². The molecule has 3 aromatic rings. The Hall–Kier alpha value is -2.74. The molecular formula is C23H18FIN2O2. The zero-order chi connectivity index (χ0) is 20.5. The Kier molecular flexibility index (Phi) is 5.36. The number of fused-ring (bicyclic) bond motifs is 1. The third kappa shape index (κ3) is 3.89. The van der Waals surface area contributed by atoms with Crippen molar-refractivity contribution in [2.45, 2.75) is 13.0 Å². The van der Waals surface area contributed by atoms with Crippen LogP contribution < -0.4 is 5.32 Å². The third-order valence-corrected chi connectivity index (χ3v) is 5.89. The van der Waals surface area contributed by atoms with Gasteiger partial charge in [-0.05, 0) is 65.4 Å². The van der Waals surface area contributed by atoms with Crippen LogP contribution in [0.15, 0.2) is 66.7 Å². The highest BCUT2D eigenvalue weighted by atomic mass is 127. The number of hydrogen-bond acceptors (Lipinski definition) is 2. The minimum Gasteiger partial charge on any atom is -0.324 e. The molecule has 29 heavy (non-hydrogen) atoms. The molecule has 0 saturated heterocycles. The fourth-order valence-electron chi connectivity index (χ4n) is 3.61. The van der Waals surface area contributed by atoms with Gasteiger partial charge in [0.1, 0.15) is 12.4 Å². The van der Waals surface area contributed by atoms with E-state index in [0.717, 1.165) is 20.3 Å². The average molecular weight is 500 g/mol. The average Bonchev–Trinajstić information content (AvgIpc) is 2.84. The summed E-state index contributed by atoms with van der Waals surface area (Å²) in [6.45, 7) is 1.86. The second-order valence-corrected chi connectivity index (χ2v) is 8.17. The molecule has 2 amide bonds. The van der Waals surface area contributed by atoms with Crippen LogP contribution >= 0.6 is 22.6 Å². The second kappa shape index (κ2) is 7.94. The van der Waals surface area contributed by atoms with Crippen molar-refractivity contribution in [3.8, 4) is 0 Å². The molecule has 1 heterocycles. The molecule has 0 radical (unpaired) electrons. The standard InChI is InChI=1S/C23H18FIN2O2/c1-14-6-11-20-18(12-14)22(15-7-9-16(24)10-8-15)27(13-21(28)26-20)23(29)17-4-2-3-5-19(17)25/h2-12,22H,13H2,1H3,(H,26,28)/t22-/m0/s1. The van der Waals surface area contributed by atoms with Gasteiger partial charge in [-0.25, -0.2) is 4.39 Å². The van der Waals surface area contributed by atoms with Gasteiger partial charge in [-0.3, -0.25) is 9.59 Å². The Morgan fingerprint density at radius 3 is 2.55 bits per heavy atom. The van der Waals surface area contributed by atoms with Gasteiger partial charge in [-0.2, -0.15) is 0 Å². The van der Waals surface area contributed by atoms with Gasteiger partial charge < -0.3 is 10.2 Å². The number of carbonyl (C=O) groups excluding carboxylic acids is 2. The molecule has 146 valence electrons. The number of anilines is 1. The van der Waals surface area contributed by atoms with Gasteiger partial charge in [-0.15, -0.1) is 0 Å². The molecule has 0 fully saturated rings. The van der Waals surface area contributed by atoms with E-state index in [1.807, 2.05) is 37.3 Å². The highest BCUT2D eigenvalue weighted by molar-refractivity contribution is 14.1. The lowest BCUT2D eigenvalue weighted by Crippen LogP contribution is -2.39. The fourth-order valence-corrected chi connectivity index (χ4v) is 4.23. The quantitative estimate of drug-likeness (QED) is 0.508. The summed E-state index contributed by atoms with van der Waals surface area (Å²) in [6, 6.07) is 18.6. The van der Waals surface area contributed by atoms with E-state index in [4.69, 9.17) is 0 Å². The molecule has 1 N–H and O–H groups in total. The summed E-state index contributed by atoms with van der Waals surface area (Å²) in [4.78, 5) is 27.7.